The molecule has 2 aliphatic rings. The van der Waals surface area contributed by atoms with Crippen LogP contribution in [0.4, 0.5) is 4.79 Å². The van der Waals surface area contributed by atoms with Crippen LogP contribution in [0.15, 0.2) is 30.3 Å². The maximum Gasteiger partial charge on any atom is 0.325 e. The number of nitrogens with two attached hydrogens (primary N) is 1. The Morgan fingerprint density at radius 3 is 2.57 bits per heavy atom. The Labute approximate surface area is 134 Å². The molecular formula is C16H20N4O3. The first kappa shape index (κ1) is 15.5. The number of benzene rings is 1. The van der Waals surface area contributed by atoms with Gasteiger partial charge in [0.2, 0.25) is 11.8 Å². The lowest BCUT2D eigenvalue weighted by Crippen LogP contribution is -2.41. The molecule has 7 heteroatoms. The summed E-state index contributed by atoms with van der Waals surface area (Å²) in [4.78, 5) is 38.2. The van der Waals surface area contributed by atoms with Crippen molar-refractivity contribution < 1.29 is 14.4 Å². The van der Waals surface area contributed by atoms with E-state index in [2.05, 4.69) is 5.32 Å². The largest absolute Gasteiger partial charge is 0.340 e. The van der Waals surface area contributed by atoms with Crippen molar-refractivity contribution in [3.05, 3.63) is 35.9 Å². The molecule has 3 N–H and O–H groups in total. The number of hydrogen-bond acceptors (Lipinski definition) is 4. The maximum atomic E-state index is 12.4. The van der Waals surface area contributed by atoms with Gasteiger partial charge < -0.3 is 15.5 Å². The van der Waals surface area contributed by atoms with Crippen molar-refractivity contribution in [2.45, 2.75) is 5.92 Å². The van der Waals surface area contributed by atoms with E-state index in [4.69, 9.17) is 5.73 Å². The van der Waals surface area contributed by atoms with Gasteiger partial charge in [0.25, 0.3) is 0 Å². The van der Waals surface area contributed by atoms with Crippen LogP contribution in [0.3, 0.4) is 0 Å². The van der Waals surface area contributed by atoms with Crippen LogP contribution < -0.4 is 11.1 Å². The van der Waals surface area contributed by atoms with Gasteiger partial charge in [-0.15, -0.1) is 0 Å². The van der Waals surface area contributed by atoms with E-state index in [1.54, 1.807) is 4.90 Å². The molecule has 0 radical (unpaired) electrons. The number of rotatable bonds is 4. The number of imide groups is 1. The second-order valence-corrected chi connectivity index (χ2v) is 6.02. The highest BCUT2D eigenvalue weighted by molar-refractivity contribution is 6.03. The molecule has 0 unspecified atom stereocenters. The van der Waals surface area contributed by atoms with Crippen LogP contribution in [0.2, 0.25) is 0 Å². The third kappa shape index (κ3) is 3.19. The van der Waals surface area contributed by atoms with Crippen LogP contribution >= 0.6 is 0 Å². The van der Waals surface area contributed by atoms with Crippen molar-refractivity contribution in [1.29, 1.82) is 0 Å². The van der Waals surface area contributed by atoms with Crippen LogP contribution in [0.25, 0.3) is 0 Å². The number of hydrogen-bond donors (Lipinski definition) is 2. The van der Waals surface area contributed by atoms with Crippen LogP contribution in [0.1, 0.15) is 11.5 Å². The Hall–Kier alpha value is -2.41. The summed E-state index contributed by atoms with van der Waals surface area (Å²) in [6.45, 7) is 1.55. The molecule has 0 saturated carbocycles. The standard InChI is InChI=1S/C16H20N4O3/c17-6-12-7-19(8-13(12)11-4-2-1-3-5-11)15(22)10-20-9-14(21)18-16(20)23/h1-5,12-13H,6-10,17H2,(H,18,21,23)/t12-,13+/m1/s1. The van der Waals surface area contributed by atoms with Gasteiger partial charge in [-0.25, -0.2) is 4.79 Å². The Bertz CT molecular complexity index is 619. The van der Waals surface area contributed by atoms with Gasteiger partial charge in [-0.3, -0.25) is 14.9 Å². The van der Waals surface area contributed by atoms with Crippen molar-refractivity contribution in [2.75, 3.05) is 32.7 Å². The molecule has 0 aromatic heterocycles. The van der Waals surface area contributed by atoms with Gasteiger partial charge in [0.05, 0.1) is 0 Å². The summed E-state index contributed by atoms with van der Waals surface area (Å²) in [6.07, 6.45) is 0. The van der Waals surface area contributed by atoms with Gasteiger partial charge in [0, 0.05) is 19.0 Å². The first-order valence-electron chi connectivity index (χ1n) is 7.70. The number of amides is 4. The Morgan fingerprint density at radius 1 is 1.22 bits per heavy atom. The van der Waals surface area contributed by atoms with Crippen molar-refractivity contribution in [2.24, 2.45) is 11.7 Å². The van der Waals surface area contributed by atoms with Crippen molar-refractivity contribution in [1.82, 2.24) is 15.1 Å². The number of carbonyl (C=O) groups is 3. The molecule has 2 saturated heterocycles. The smallest absolute Gasteiger partial charge is 0.325 e. The fourth-order valence-corrected chi connectivity index (χ4v) is 3.27. The summed E-state index contributed by atoms with van der Waals surface area (Å²) >= 11 is 0. The van der Waals surface area contributed by atoms with Crippen LogP contribution in [0, 0.1) is 5.92 Å². The quantitative estimate of drug-likeness (QED) is 0.748. The number of likely N-dealkylation sites (tertiary alicyclic amines) is 1. The van der Waals surface area contributed by atoms with E-state index < -0.39 is 6.03 Å². The lowest BCUT2D eigenvalue weighted by molar-refractivity contribution is -0.130. The molecule has 1 aromatic carbocycles. The normalized spacial score (nSPS) is 24.2. The zero-order chi connectivity index (χ0) is 16.4. The minimum atomic E-state index is -0.502. The number of nitrogens with zero attached hydrogens (tertiary/aromatic N) is 2. The van der Waals surface area contributed by atoms with Crippen LogP contribution in [-0.2, 0) is 9.59 Å². The van der Waals surface area contributed by atoms with Gasteiger partial charge in [-0.2, -0.15) is 0 Å². The van der Waals surface area contributed by atoms with E-state index in [1.165, 1.54) is 10.5 Å². The minimum Gasteiger partial charge on any atom is -0.340 e. The van der Waals surface area contributed by atoms with Crippen molar-refractivity contribution >= 4 is 17.8 Å². The van der Waals surface area contributed by atoms with Crippen LogP contribution in [0.5, 0.6) is 0 Å². The van der Waals surface area contributed by atoms with Crippen LogP contribution in [-0.4, -0.2) is 60.4 Å². The van der Waals surface area contributed by atoms with Gasteiger partial charge in [0.15, 0.2) is 0 Å². The van der Waals surface area contributed by atoms with Gasteiger partial charge in [0.1, 0.15) is 13.1 Å². The third-order valence-electron chi connectivity index (χ3n) is 4.52. The highest BCUT2D eigenvalue weighted by Crippen LogP contribution is 2.32. The van der Waals surface area contributed by atoms with Gasteiger partial charge in [-0.1, -0.05) is 30.3 Å². The molecule has 122 valence electrons. The van der Waals surface area contributed by atoms with Gasteiger partial charge >= 0.3 is 6.03 Å². The monoisotopic (exact) mass is 316 g/mol. The van der Waals surface area contributed by atoms with E-state index in [0.717, 1.165) is 0 Å². The molecule has 1 aromatic rings. The molecule has 0 bridgehead atoms. The molecule has 7 nitrogen and oxygen atoms in total. The zero-order valence-electron chi connectivity index (χ0n) is 12.8. The topological polar surface area (TPSA) is 95.7 Å². The van der Waals surface area contributed by atoms with E-state index in [9.17, 15) is 14.4 Å². The molecule has 2 aliphatic heterocycles. The molecule has 2 atom stereocenters. The minimum absolute atomic E-state index is 0.0547. The fourth-order valence-electron chi connectivity index (χ4n) is 3.27. The number of urea groups is 1. The maximum absolute atomic E-state index is 12.4. The Morgan fingerprint density at radius 2 is 1.96 bits per heavy atom. The second kappa shape index (κ2) is 6.37. The first-order chi connectivity index (χ1) is 11.1. The molecule has 23 heavy (non-hydrogen) atoms. The summed E-state index contributed by atoms with van der Waals surface area (Å²) in [5, 5.41) is 2.17. The third-order valence-corrected chi connectivity index (χ3v) is 4.52. The summed E-state index contributed by atoms with van der Waals surface area (Å²) in [7, 11) is 0. The number of carbonyl (C=O) groups excluding carboxylic acids is 3. The van der Waals surface area contributed by atoms with Gasteiger partial charge in [-0.05, 0) is 18.0 Å². The molecule has 2 fully saturated rings. The van der Waals surface area contributed by atoms with E-state index in [1.807, 2.05) is 30.3 Å². The summed E-state index contributed by atoms with van der Waals surface area (Å²) in [6, 6.07) is 9.52. The predicted octanol–water partition coefficient (Wildman–Crippen LogP) is -0.261. The second-order valence-electron chi connectivity index (χ2n) is 6.02. The lowest BCUT2D eigenvalue weighted by Gasteiger charge is -2.20. The zero-order valence-corrected chi connectivity index (χ0v) is 12.8. The Balaban J connectivity index is 1.66. The SMILES string of the molecule is NC[C@@H]1CN(C(=O)CN2CC(=O)NC2=O)C[C@H]1c1ccccc1. The molecule has 3 rings (SSSR count). The molecule has 4 amide bonds. The number of nitrogens with one attached hydrogen (secondary N) is 1. The average molecular weight is 316 g/mol. The highest BCUT2D eigenvalue weighted by Gasteiger charge is 2.37. The summed E-state index contributed by atoms with van der Waals surface area (Å²) in [5.41, 5.74) is 7.04. The lowest BCUT2D eigenvalue weighted by atomic mass is 9.89. The molecule has 2 heterocycles. The molecule has 0 aliphatic carbocycles. The Kier molecular flexibility index (Phi) is 4.29. The average Bonchev–Trinajstić information content (AvgIpc) is 3.11. The first-order valence-corrected chi connectivity index (χ1v) is 7.70. The predicted molar refractivity (Wildman–Crippen MR) is 83.4 cm³/mol. The molecule has 0 spiro atoms. The van der Waals surface area contributed by atoms with E-state index >= 15 is 0 Å². The highest BCUT2D eigenvalue weighted by atomic mass is 16.2. The summed E-state index contributed by atoms with van der Waals surface area (Å²) < 4.78 is 0. The fraction of sp³-hybridized carbons (Fsp3) is 0.438. The van der Waals surface area contributed by atoms with E-state index in [-0.39, 0.29) is 36.7 Å². The van der Waals surface area contributed by atoms with Crippen molar-refractivity contribution in [3.63, 3.8) is 0 Å². The van der Waals surface area contributed by atoms with Crippen molar-refractivity contribution in [3.8, 4) is 0 Å². The molecular weight excluding hydrogens is 296 g/mol. The summed E-state index contributed by atoms with van der Waals surface area (Å²) in [5.74, 6) is -0.104. The van der Waals surface area contributed by atoms with E-state index in [0.29, 0.717) is 19.6 Å².